The van der Waals surface area contributed by atoms with Crippen LogP contribution in [0.2, 0.25) is 0 Å². The molecule has 39 heavy (non-hydrogen) atoms. The minimum absolute atomic E-state index is 0.00863. The zero-order chi connectivity index (χ0) is 27.4. The number of amides is 3. The summed E-state index contributed by atoms with van der Waals surface area (Å²) >= 11 is 0. The molecule has 4 unspecified atom stereocenters. The normalized spacial score (nSPS) is 28.4. The van der Waals surface area contributed by atoms with Crippen LogP contribution in [-0.2, 0) is 20.9 Å². The van der Waals surface area contributed by atoms with Crippen molar-refractivity contribution in [3.8, 4) is 0 Å². The van der Waals surface area contributed by atoms with E-state index >= 15 is 0 Å². The van der Waals surface area contributed by atoms with Gasteiger partial charge in [0.15, 0.2) is 0 Å². The fourth-order valence-corrected chi connectivity index (χ4v) is 6.88. The Kier molecular flexibility index (Phi) is 6.52. The highest BCUT2D eigenvalue weighted by Gasteiger charge is 2.62. The predicted molar refractivity (Wildman–Crippen MR) is 145 cm³/mol. The average molecular weight is 534 g/mol. The molecule has 2 aliphatic heterocycles. The summed E-state index contributed by atoms with van der Waals surface area (Å²) in [6, 6.07) is 10.1. The first-order valence-electron chi connectivity index (χ1n) is 14.1. The Morgan fingerprint density at radius 1 is 1.05 bits per heavy atom. The molecule has 1 spiro atoms. The summed E-state index contributed by atoms with van der Waals surface area (Å²) in [6.07, 6.45) is 7.14. The van der Waals surface area contributed by atoms with Crippen LogP contribution in [0.3, 0.4) is 0 Å². The Hall–Kier alpha value is -3.20. The third-order valence-corrected chi connectivity index (χ3v) is 9.52. The third-order valence-electron chi connectivity index (χ3n) is 9.52. The molecule has 9 heteroatoms. The van der Waals surface area contributed by atoms with Crippen molar-refractivity contribution >= 4 is 17.7 Å². The lowest BCUT2D eigenvalue weighted by atomic mass is 9.70. The van der Waals surface area contributed by atoms with Gasteiger partial charge in [-0.2, -0.15) is 5.10 Å². The van der Waals surface area contributed by atoms with Crippen molar-refractivity contribution in [1.82, 2.24) is 24.9 Å². The van der Waals surface area contributed by atoms with Gasteiger partial charge in [-0.25, -0.2) is 0 Å². The number of rotatable bonds is 7. The van der Waals surface area contributed by atoms with Crippen LogP contribution in [0.1, 0.15) is 55.5 Å². The molecule has 3 amide bonds. The molecule has 9 nitrogen and oxygen atoms in total. The van der Waals surface area contributed by atoms with Crippen molar-refractivity contribution in [2.24, 2.45) is 22.7 Å². The molecule has 2 aromatic rings. The molecule has 3 heterocycles. The standard InChI is InChI=1S/C30H39N5O4/c1-29(2)12-24(29)28(38)34-18-30(19-34)17-33(16-25(30)26(36)32-22-9-10-23(11-22)39-3)27(37)21-13-31-35(15-21)14-20-7-5-4-6-8-20/h4-8,13,15,22-25H,9-12,14,16-19H2,1-3H3,(H,32,36). The molecule has 1 aromatic carbocycles. The Balaban J connectivity index is 1.16. The lowest BCUT2D eigenvalue weighted by molar-refractivity contribution is -0.151. The smallest absolute Gasteiger partial charge is 0.257 e. The van der Waals surface area contributed by atoms with Gasteiger partial charge in [0.05, 0.1) is 30.3 Å². The van der Waals surface area contributed by atoms with Crippen molar-refractivity contribution in [1.29, 1.82) is 0 Å². The number of ether oxygens (including phenoxy) is 1. The molecule has 4 atom stereocenters. The second-order valence-electron chi connectivity index (χ2n) is 12.8. The van der Waals surface area contributed by atoms with Crippen LogP contribution in [0.15, 0.2) is 42.7 Å². The van der Waals surface area contributed by atoms with Gasteiger partial charge in [0, 0.05) is 56.9 Å². The second-order valence-corrected chi connectivity index (χ2v) is 12.8. The number of aromatic nitrogens is 2. The fourth-order valence-electron chi connectivity index (χ4n) is 6.88. The van der Waals surface area contributed by atoms with E-state index in [1.165, 1.54) is 0 Å². The van der Waals surface area contributed by atoms with Crippen molar-refractivity contribution in [3.05, 3.63) is 53.9 Å². The number of carbonyl (C=O) groups is 3. The molecule has 208 valence electrons. The first-order valence-corrected chi connectivity index (χ1v) is 14.1. The molecule has 6 rings (SSSR count). The highest BCUT2D eigenvalue weighted by molar-refractivity contribution is 5.95. The van der Waals surface area contributed by atoms with Crippen LogP contribution in [0.4, 0.5) is 0 Å². The van der Waals surface area contributed by atoms with Crippen LogP contribution >= 0.6 is 0 Å². The molecule has 2 aliphatic carbocycles. The number of methoxy groups -OCH3 is 1. The molecular weight excluding hydrogens is 494 g/mol. The highest BCUT2D eigenvalue weighted by atomic mass is 16.5. The van der Waals surface area contributed by atoms with Crippen LogP contribution in [0.25, 0.3) is 0 Å². The number of nitrogens with zero attached hydrogens (tertiary/aromatic N) is 4. The molecule has 0 bridgehead atoms. The first kappa shape index (κ1) is 26.0. The van der Waals surface area contributed by atoms with Gasteiger partial charge >= 0.3 is 0 Å². The predicted octanol–water partition coefficient (Wildman–Crippen LogP) is 2.56. The van der Waals surface area contributed by atoms with Gasteiger partial charge in [-0.3, -0.25) is 19.1 Å². The number of likely N-dealkylation sites (tertiary alicyclic amines) is 2. The van der Waals surface area contributed by atoms with Gasteiger partial charge in [0.1, 0.15) is 0 Å². The van der Waals surface area contributed by atoms with E-state index in [-0.39, 0.29) is 47.1 Å². The van der Waals surface area contributed by atoms with Gasteiger partial charge in [-0.15, -0.1) is 0 Å². The van der Waals surface area contributed by atoms with Crippen LogP contribution < -0.4 is 5.32 Å². The topological polar surface area (TPSA) is 96.8 Å². The summed E-state index contributed by atoms with van der Waals surface area (Å²) < 4.78 is 7.26. The molecule has 2 saturated carbocycles. The maximum atomic E-state index is 13.6. The van der Waals surface area contributed by atoms with Gasteiger partial charge in [0.25, 0.3) is 5.91 Å². The summed E-state index contributed by atoms with van der Waals surface area (Å²) in [5.74, 6) is -0.210. The largest absolute Gasteiger partial charge is 0.381 e. The van der Waals surface area contributed by atoms with E-state index in [0.717, 1.165) is 31.2 Å². The molecule has 1 N–H and O–H groups in total. The number of nitrogens with one attached hydrogen (secondary N) is 1. The maximum absolute atomic E-state index is 13.6. The zero-order valence-corrected chi connectivity index (χ0v) is 23.1. The van der Waals surface area contributed by atoms with Crippen molar-refractivity contribution in [3.63, 3.8) is 0 Å². The summed E-state index contributed by atoms with van der Waals surface area (Å²) in [5, 5.41) is 7.67. The first-order chi connectivity index (χ1) is 18.7. The van der Waals surface area contributed by atoms with Gasteiger partial charge < -0.3 is 19.9 Å². The molecule has 1 aromatic heterocycles. The molecule has 2 saturated heterocycles. The van der Waals surface area contributed by atoms with E-state index in [2.05, 4.69) is 24.3 Å². The minimum atomic E-state index is -0.409. The zero-order valence-electron chi connectivity index (χ0n) is 23.1. The van der Waals surface area contributed by atoms with E-state index in [4.69, 9.17) is 4.74 Å². The monoisotopic (exact) mass is 533 g/mol. The number of carbonyl (C=O) groups excluding carboxylic acids is 3. The fraction of sp³-hybridized carbons (Fsp3) is 0.600. The van der Waals surface area contributed by atoms with E-state index in [9.17, 15) is 14.4 Å². The summed E-state index contributed by atoms with van der Waals surface area (Å²) in [6.45, 7) is 6.72. The number of hydrogen-bond acceptors (Lipinski definition) is 5. The van der Waals surface area contributed by atoms with E-state index in [0.29, 0.717) is 38.3 Å². The lowest BCUT2D eigenvalue weighted by Crippen LogP contribution is -2.64. The second kappa shape index (κ2) is 9.77. The molecular formula is C30H39N5O4. The maximum Gasteiger partial charge on any atom is 0.257 e. The van der Waals surface area contributed by atoms with Crippen molar-refractivity contribution in [2.45, 2.75) is 58.2 Å². The molecule has 0 radical (unpaired) electrons. The third kappa shape index (κ3) is 4.97. The Bertz CT molecular complexity index is 1250. The Labute approximate surface area is 229 Å². The quantitative estimate of drug-likeness (QED) is 0.590. The van der Waals surface area contributed by atoms with Crippen LogP contribution in [0, 0.1) is 22.7 Å². The van der Waals surface area contributed by atoms with E-state index in [1.807, 2.05) is 35.2 Å². The Morgan fingerprint density at radius 3 is 2.44 bits per heavy atom. The van der Waals surface area contributed by atoms with Crippen molar-refractivity contribution in [2.75, 3.05) is 33.3 Å². The molecule has 4 fully saturated rings. The summed E-state index contributed by atoms with van der Waals surface area (Å²) in [5.41, 5.74) is 1.28. The molecule has 4 aliphatic rings. The number of hydrogen-bond donors (Lipinski definition) is 1. The summed E-state index contributed by atoms with van der Waals surface area (Å²) in [4.78, 5) is 44.0. The van der Waals surface area contributed by atoms with Gasteiger partial charge in [0.2, 0.25) is 11.8 Å². The SMILES string of the molecule is COC1CCC(NC(=O)C2CN(C(=O)c3cnn(Cc4ccccc4)c3)CC23CN(C(=O)C2CC2(C)C)C3)C1. The van der Waals surface area contributed by atoms with Gasteiger partial charge in [-0.05, 0) is 36.7 Å². The average Bonchev–Trinajstić information content (AvgIpc) is 3.37. The minimum Gasteiger partial charge on any atom is -0.381 e. The van der Waals surface area contributed by atoms with Crippen LogP contribution in [-0.4, -0.2) is 82.7 Å². The van der Waals surface area contributed by atoms with Gasteiger partial charge in [-0.1, -0.05) is 44.2 Å². The lowest BCUT2D eigenvalue weighted by Gasteiger charge is -2.50. The summed E-state index contributed by atoms with van der Waals surface area (Å²) in [7, 11) is 1.72. The van der Waals surface area contributed by atoms with E-state index < -0.39 is 5.41 Å². The van der Waals surface area contributed by atoms with Crippen LogP contribution in [0.5, 0.6) is 0 Å². The van der Waals surface area contributed by atoms with Crippen molar-refractivity contribution < 1.29 is 19.1 Å². The highest BCUT2D eigenvalue weighted by Crippen LogP contribution is 2.54. The number of benzene rings is 1. The van der Waals surface area contributed by atoms with E-state index in [1.54, 1.807) is 29.1 Å². The Morgan fingerprint density at radius 2 is 1.77 bits per heavy atom.